The van der Waals surface area contributed by atoms with Crippen molar-refractivity contribution in [2.45, 2.75) is 18.7 Å². The maximum atomic E-state index is 11.7. The first-order valence-corrected chi connectivity index (χ1v) is 8.68. The summed E-state index contributed by atoms with van der Waals surface area (Å²) in [5, 5.41) is 0. The molecule has 19 heavy (non-hydrogen) atoms. The first kappa shape index (κ1) is 14.5. The van der Waals surface area contributed by atoms with Gasteiger partial charge in [0.15, 0.2) is 0 Å². The minimum absolute atomic E-state index is 0.00134. The second kappa shape index (κ2) is 6.50. The number of aromatic amines is 1. The second-order valence-electron chi connectivity index (χ2n) is 3.94. The molecular weight excluding hydrogens is 294 g/mol. The lowest BCUT2D eigenvalue weighted by Gasteiger charge is -2.02. The van der Waals surface area contributed by atoms with Crippen molar-refractivity contribution in [1.82, 2.24) is 4.98 Å². The van der Waals surface area contributed by atoms with Crippen molar-refractivity contribution in [1.29, 1.82) is 0 Å². The van der Waals surface area contributed by atoms with Crippen LogP contribution < -0.4 is 14.8 Å². The Bertz CT molecular complexity index is 725. The Morgan fingerprint density at radius 1 is 1.32 bits per heavy atom. The van der Waals surface area contributed by atoms with Crippen molar-refractivity contribution in [3.05, 3.63) is 49.4 Å². The lowest BCUT2D eigenvalue weighted by molar-refractivity contribution is 1.26. The standard InChI is InChI=1S/C14H15NOS3/c1-4-11-12(16)15-13(19-11)14(17-3)18-10-7-5-9(2)6-8-10/h4-8H,1-3H3,(H,15,16)/b11-4+,14-13+. The summed E-state index contributed by atoms with van der Waals surface area (Å²) >= 11 is 4.86. The third-order valence-corrected chi connectivity index (χ3v) is 6.16. The summed E-state index contributed by atoms with van der Waals surface area (Å²) in [6.45, 7) is 3.96. The molecule has 0 aliphatic heterocycles. The van der Waals surface area contributed by atoms with Crippen LogP contribution in [0.4, 0.5) is 0 Å². The van der Waals surface area contributed by atoms with E-state index in [1.807, 2.05) is 19.3 Å². The molecule has 1 N–H and O–H groups in total. The molecular formula is C14H15NOS3. The molecule has 0 saturated heterocycles. The summed E-state index contributed by atoms with van der Waals surface area (Å²) in [6.07, 6.45) is 3.88. The van der Waals surface area contributed by atoms with Crippen LogP contribution in [0.5, 0.6) is 0 Å². The van der Waals surface area contributed by atoms with Gasteiger partial charge in [-0.25, -0.2) is 0 Å². The number of rotatable bonds is 3. The van der Waals surface area contributed by atoms with Crippen LogP contribution in [0.25, 0.3) is 10.3 Å². The highest BCUT2D eigenvalue weighted by molar-refractivity contribution is 8.29. The molecule has 2 rings (SSSR count). The topological polar surface area (TPSA) is 32.9 Å². The molecule has 100 valence electrons. The van der Waals surface area contributed by atoms with E-state index in [1.165, 1.54) is 21.8 Å². The van der Waals surface area contributed by atoms with Crippen LogP contribution in [-0.2, 0) is 0 Å². The number of hydrogen-bond acceptors (Lipinski definition) is 4. The van der Waals surface area contributed by atoms with Gasteiger partial charge < -0.3 is 4.98 Å². The number of hydrogen-bond donors (Lipinski definition) is 1. The average molecular weight is 309 g/mol. The van der Waals surface area contributed by atoms with E-state index in [4.69, 9.17) is 0 Å². The largest absolute Gasteiger partial charge is 0.311 e. The van der Waals surface area contributed by atoms with E-state index in [0.717, 1.165) is 13.4 Å². The molecule has 0 aliphatic carbocycles. The fourth-order valence-corrected chi connectivity index (χ4v) is 4.35. The number of nitrogens with one attached hydrogen (secondary N) is 1. The molecule has 0 unspecified atom stereocenters. The van der Waals surface area contributed by atoms with E-state index in [1.54, 1.807) is 23.5 Å². The number of thiazole rings is 1. The summed E-state index contributed by atoms with van der Waals surface area (Å²) in [6, 6.07) is 8.41. The Balaban J connectivity index is 2.44. The summed E-state index contributed by atoms with van der Waals surface area (Å²) in [5.74, 6) is 0. The lowest BCUT2D eigenvalue weighted by Crippen LogP contribution is -2.19. The van der Waals surface area contributed by atoms with Gasteiger partial charge in [0, 0.05) is 4.90 Å². The Morgan fingerprint density at radius 2 is 2.00 bits per heavy atom. The second-order valence-corrected chi connectivity index (χ2v) is 7.16. The number of thioether (sulfide) groups is 2. The molecule has 0 atom stereocenters. The highest BCUT2D eigenvalue weighted by Crippen LogP contribution is 2.33. The van der Waals surface area contributed by atoms with Crippen molar-refractivity contribution >= 4 is 45.2 Å². The van der Waals surface area contributed by atoms with Crippen LogP contribution in [0.15, 0.2) is 34.0 Å². The van der Waals surface area contributed by atoms with Gasteiger partial charge in [-0.15, -0.1) is 23.1 Å². The molecule has 0 bridgehead atoms. The molecule has 0 radical (unpaired) electrons. The third-order valence-electron chi connectivity index (χ3n) is 2.53. The number of H-pyrrole nitrogens is 1. The van der Waals surface area contributed by atoms with Crippen molar-refractivity contribution in [2.24, 2.45) is 0 Å². The molecule has 0 saturated carbocycles. The first-order valence-electron chi connectivity index (χ1n) is 5.82. The van der Waals surface area contributed by atoms with E-state index in [0.29, 0.717) is 0 Å². The molecule has 2 nitrogen and oxygen atoms in total. The van der Waals surface area contributed by atoms with Crippen molar-refractivity contribution in [2.75, 3.05) is 6.26 Å². The minimum Gasteiger partial charge on any atom is -0.311 e. The Labute approximate surface area is 124 Å². The van der Waals surface area contributed by atoms with Gasteiger partial charge in [-0.05, 0) is 32.2 Å². The third kappa shape index (κ3) is 3.55. The predicted molar refractivity (Wildman–Crippen MR) is 88.3 cm³/mol. The quantitative estimate of drug-likeness (QED) is 0.885. The Morgan fingerprint density at radius 3 is 2.53 bits per heavy atom. The highest BCUT2D eigenvalue weighted by atomic mass is 32.2. The van der Waals surface area contributed by atoms with Crippen LogP contribution in [-0.4, -0.2) is 11.2 Å². The molecule has 1 aromatic carbocycles. The molecule has 0 fully saturated rings. The van der Waals surface area contributed by atoms with Crippen LogP contribution in [0.2, 0.25) is 0 Å². The smallest absolute Gasteiger partial charge is 0.266 e. The van der Waals surface area contributed by atoms with Crippen LogP contribution in [0.1, 0.15) is 12.5 Å². The normalized spacial score (nSPS) is 13.7. The fraction of sp³-hybridized carbons (Fsp3) is 0.214. The summed E-state index contributed by atoms with van der Waals surface area (Å²) < 4.78 is 2.83. The zero-order chi connectivity index (χ0) is 13.8. The van der Waals surface area contributed by atoms with Gasteiger partial charge in [-0.2, -0.15) is 0 Å². The Hall–Kier alpha value is -0.910. The summed E-state index contributed by atoms with van der Waals surface area (Å²) in [5.41, 5.74) is 1.25. The molecule has 1 heterocycles. The van der Waals surface area contributed by atoms with Gasteiger partial charge in [0.1, 0.15) is 4.66 Å². The van der Waals surface area contributed by atoms with Crippen molar-refractivity contribution in [3.8, 4) is 0 Å². The van der Waals surface area contributed by atoms with Crippen LogP contribution in [0.3, 0.4) is 0 Å². The molecule has 0 aliphatic rings. The fourth-order valence-electron chi connectivity index (χ4n) is 1.52. The molecule has 1 aromatic heterocycles. The van der Waals surface area contributed by atoms with Crippen molar-refractivity contribution < 1.29 is 0 Å². The minimum atomic E-state index is -0.00134. The number of aryl methyl sites for hydroxylation is 1. The van der Waals surface area contributed by atoms with Gasteiger partial charge in [-0.1, -0.05) is 35.5 Å². The van der Waals surface area contributed by atoms with E-state index in [-0.39, 0.29) is 5.56 Å². The zero-order valence-electron chi connectivity index (χ0n) is 11.0. The average Bonchev–Trinajstić information content (AvgIpc) is 2.79. The lowest BCUT2D eigenvalue weighted by atomic mass is 10.2. The van der Waals surface area contributed by atoms with Gasteiger partial charge >= 0.3 is 0 Å². The highest BCUT2D eigenvalue weighted by Gasteiger charge is 2.04. The molecule has 0 spiro atoms. The number of aromatic nitrogens is 1. The molecule has 2 aromatic rings. The van der Waals surface area contributed by atoms with Crippen LogP contribution in [0, 0.1) is 6.92 Å². The summed E-state index contributed by atoms with van der Waals surface area (Å²) in [4.78, 5) is 15.8. The van der Waals surface area contributed by atoms with E-state index in [9.17, 15) is 4.79 Å². The predicted octanol–water partition coefficient (Wildman–Crippen LogP) is 2.77. The zero-order valence-corrected chi connectivity index (χ0v) is 13.5. The SMILES string of the molecule is C/C=c1/s/c(=C(\SC)Sc2ccc(C)cc2)[nH]c1=O. The van der Waals surface area contributed by atoms with Gasteiger partial charge in [-0.3, -0.25) is 4.79 Å². The van der Waals surface area contributed by atoms with Gasteiger partial charge in [0.25, 0.3) is 5.56 Å². The maximum absolute atomic E-state index is 11.7. The maximum Gasteiger partial charge on any atom is 0.266 e. The van der Waals surface area contributed by atoms with E-state index < -0.39 is 0 Å². The Kier molecular flexibility index (Phi) is 4.96. The monoisotopic (exact) mass is 309 g/mol. The van der Waals surface area contributed by atoms with Crippen molar-refractivity contribution in [3.63, 3.8) is 0 Å². The van der Waals surface area contributed by atoms with E-state index >= 15 is 0 Å². The number of benzene rings is 1. The molecule has 5 heteroatoms. The summed E-state index contributed by atoms with van der Waals surface area (Å²) in [7, 11) is 0. The van der Waals surface area contributed by atoms with Gasteiger partial charge in [0.2, 0.25) is 0 Å². The molecule has 0 amide bonds. The van der Waals surface area contributed by atoms with Crippen LogP contribution >= 0.6 is 34.9 Å². The van der Waals surface area contributed by atoms with Gasteiger partial charge in [0.05, 0.1) is 8.77 Å². The first-order chi connectivity index (χ1) is 9.13. The van der Waals surface area contributed by atoms with E-state index in [2.05, 4.69) is 36.2 Å².